The van der Waals surface area contributed by atoms with Crippen molar-refractivity contribution in [3.05, 3.63) is 22.7 Å². The standard InChI is InChI=1S/C9H12N2O3/c12-8-4-9(13)11(6-10-8)5-7-2-1-3-14-7/h4,6-7,12H,1-3,5H2. The van der Waals surface area contributed by atoms with Gasteiger partial charge in [-0.3, -0.25) is 9.36 Å². The topological polar surface area (TPSA) is 64.3 Å². The van der Waals surface area contributed by atoms with Gasteiger partial charge < -0.3 is 9.84 Å². The van der Waals surface area contributed by atoms with E-state index in [-0.39, 0.29) is 17.5 Å². The Morgan fingerprint density at radius 1 is 1.71 bits per heavy atom. The van der Waals surface area contributed by atoms with E-state index in [1.807, 2.05) is 0 Å². The summed E-state index contributed by atoms with van der Waals surface area (Å²) in [6.45, 7) is 1.29. The molecule has 2 heterocycles. The van der Waals surface area contributed by atoms with Crippen LogP contribution in [0.5, 0.6) is 5.88 Å². The first-order chi connectivity index (χ1) is 6.75. The van der Waals surface area contributed by atoms with E-state index in [0.29, 0.717) is 6.54 Å². The lowest BCUT2D eigenvalue weighted by Crippen LogP contribution is -2.25. The molecule has 1 unspecified atom stereocenters. The largest absolute Gasteiger partial charge is 0.493 e. The molecule has 1 atom stereocenters. The van der Waals surface area contributed by atoms with Crippen molar-refractivity contribution in [2.45, 2.75) is 25.5 Å². The lowest BCUT2D eigenvalue weighted by atomic mass is 10.2. The highest BCUT2D eigenvalue weighted by Gasteiger charge is 2.16. The van der Waals surface area contributed by atoms with Crippen molar-refractivity contribution >= 4 is 0 Å². The molecule has 1 saturated heterocycles. The fourth-order valence-corrected chi connectivity index (χ4v) is 1.56. The molecular formula is C9H12N2O3. The van der Waals surface area contributed by atoms with E-state index in [4.69, 9.17) is 9.84 Å². The Kier molecular flexibility index (Phi) is 2.49. The summed E-state index contributed by atoms with van der Waals surface area (Å²) in [6, 6.07) is 1.11. The summed E-state index contributed by atoms with van der Waals surface area (Å²) in [5, 5.41) is 8.94. The van der Waals surface area contributed by atoms with Gasteiger partial charge in [-0.05, 0) is 12.8 Å². The normalized spacial score (nSPS) is 21.3. The molecule has 1 aliphatic heterocycles. The molecule has 2 rings (SSSR count). The van der Waals surface area contributed by atoms with Crippen LogP contribution in [0.25, 0.3) is 0 Å². The third kappa shape index (κ3) is 1.93. The summed E-state index contributed by atoms with van der Waals surface area (Å²) >= 11 is 0. The lowest BCUT2D eigenvalue weighted by molar-refractivity contribution is 0.0958. The van der Waals surface area contributed by atoms with Crippen molar-refractivity contribution in [2.75, 3.05) is 6.61 Å². The minimum atomic E-state index is -0.243. The highest BCUT2D eigenvalue weighted by Crippen LogP contribution is 2.13. The number of rotatable bonds is 2. The first kappa shape index (κ1) is 9.21. The van der Waals surface area contributed by atoms with Gasteiger partial charge >= 0.3 is 0 Å². The molecular weight excluding hydrogens is 184 g/mol. The molecule has 76 valence electrons. The summed E-state index contributed by atoms with van der Waals surface area (Å²) in [5.41, 5.74) is -0.243. The molecule has 14 heavy (non-hydrogen) atoms. The average Bonchev–Trinajstić information content (AvgIpc) is 2.62. The van der Waals surface area contributed by atoms with Gasteiger partial charge in [-0.2, -0.15) is 0 Å². The molecule has 1 aromatic rings. The van der Waals surface area contributed by atoms with E-state index >= 15 is 0 Å². The van der Waals surface area contributed by atoms with Gasteiger partial charge in [0.15, 0.2) is 0 Å². The minimum absolute atomic E-state index is 0.110. The van der Waals surface area contributed by atoms with Gasteiger partial charge in [0.05, 0.1) is 18.7 Å². The fraction of sp³-hybridized carbons (Fsp3) is 0.556. The zero-order valence-corrected chi connectivity index (χ0v) is 7.72. The van der Waals surface area contributed by atoms with Gasteiger partial charge in [-0.1, -0.05) is 0 Å². The monoisotopic (exact) mass is 196 g/mol. The van der Waals surface area contributed by atoms with Gasteiger partial charge in [0, 0.05) is 6.61 Å². The van der Waals surface area contributed by atoms with Crippen LogP contribution in [0.3, 0.4) is 0 Å². The van der Waals surface area contributed by atoms with Crippen LogP contribution in [0.4, 0.5) is 0 Å². The first-order valence-corrected chi connectivity index (χ1v) is 4.63. The second-order valence-electron chi connectivity index (χ2n) is 3.37. The van der Waals surface area contributed by atoms with Crippen LogP contribution in [0.15, 0.2) is 17.2 Å². The van der Waals surface area contributed by atoms with Gasteiger partial charge in [0.2, 0.25) is 5.88 Å². The summed E-state index contributed by atoms with van der Waals surface area (Å²) in [7, 11) is 0. The molecule has 1 fully saturated rings. The van der Waals surface area contributed by atoms with Crippen LogP contribution >= 0.6 is 0 Å². The fourth-order valence-electron chi connectivity index (χ4n) is 1.56. The second-order valence-corrected chi connectivity index (χ2v) is 3.37. The van der Waals surface area contributed by atoms with E-state index in [9.17, 15) is 4.79 Å². The number of ether oxygens (including phenoxy) is 1. The first-order valence-electron chi connectivity index (χ1n) is 4.63. The third-order valence-corrected chi connectivity index (χ3v) is 2.29. The Morgan fingerprint density at radius 2 is 2.57 bits per heavy atom. The van der Waals surface area contributed by atoms with Crippen LogP contribution in [-0.2, 0) is 11.3 Å². The Bertz CT molecular complexity index is 369. The van der Waals surface area contributed by atoms with Crippen molar-refractivity contribution in [2.24, 2.45) is 0 Å². The zero-order chi connectivity index (χ0) is 9.97. The van der Waals surface area contributed by atoms with Crippen molar-refractivity contribution in [3.8, 4) is 5.88 Å². The van der Waals surface area contributed by atoms with Crippen molar-refractivity contribution in [3.63, 3.8) is 0 Å². The van der Waals surface area contributed by atoms with Crippen LogP contribution in [0.2, 0.25) is 0 Å². The smallest absolute Gasteiger partial charge is 0.257 e. The highest BCUT2D eigenvalue weighted by molar-refractivity contribution is 5.03. The number of aromatic nitrogens is 2. The maximum atomic E-state index is 11.3. The quantitative estimate of drug-likeness (QED) is 0.730. The maximum absolute atomic E-state index is 11.3. The van der Waals surface area contributed by atoms with E-state index in [1.54, 1.807) is 0 Å². The SMILES string of the molecule is O=c1cc(O)ncn1CC1CCCO1. The van der Waals surface area contributed by atoms with E-state index < -0.39 is 0 Å². The predicted molar refractivity (Wildman–Crippen MR) is 49.1 cm³/mol. The Labute approximate surface area is 81.0 Å². The molecule has 0 spiro atoms. The third-order valence-electron chi connectivity index (χ3n) is 2.29. The molecule has 0 amide bonds. The molecule has 0 aliphatic carbocycles. The van der Waals surface area contributed by atoms with Gasteiger partial charge in [0.25, 0.3) is 5.56 Å². The summed E-state index contributed by atoms with van der Waals surface area (Å²) in [4.78, 5) is 15.0. The molecule has 1 aliphatic rings. The molecule has 0 saturated carbocycles. The van der Waals surface area contributed by atoms with Crippen molar-refractivity contribution < 1.29 is 9.84 Å². The summed E-state index contributed by atoms with van der Waals surface area (Å²) in [5.74, 6) is -0.237. The van der Waals surface area contributed by atoms with Crippen LogP contribution < -0.4 is 5.56 Å². The van der Waals surface area contributed by atoms with Gasteiger partial charge in [0.1, 0.15) is 6.33 Å². The number of nitrogens with zero attached hydrogens (tertiary/aromatic N) is 2. The molecule has 5 heteroatoms. The molecule has 0 bridgehead atoms. The van der Waals surface area contributed by atoms with Crippen LogP contribution in [0.1, 0.15) is 12.8 Å². The van der Waals surface area contributed by atoms with Gasteiger partial charge in [-0.15, -0.1) is 0 Å². The van der Waals surface area contributed by atoms with E-state index in [1.165, 1.54) is 10.9 Å². The number of aromatic hydroxyl groups is 1. The van der Waals surface area contributed by atoms with Crippen LogP contribution in [0, 0.1) is 0 Å². The summed E-state index contributed by atoms with van der Waals surface area (Å²) in [6.07, 6.45) is 3.48. The Morgan fingerprint density at radius 3 is 3.21 bits per heavy atom. The van der Waals surface area contributed by atoms with E-state index in [2.05, 4.69) is 4.98 Å². The number of hydrogen-bond donors (Lipinski definition) is 1. The zero-order valence-electron chi connectivity index (χ0n) is 7.72. The van der Waals surface area contributed by atoms with Crippen LogP contribution in [-0.4, -0.2) is 27.4 Å². The molecule has 1 aromatic heterocycles. The molecule has 1 N–H and O–H groups in total. The molecule has 5 nitrogen and oxygen atoms in total. The Hall–Kier alpha value is -1.36. The van der Waals surface area contributed by atoms with Crippen molar-refractivity contribution in [1.82, 2.24) is 9.55 Å². The van der Waals surface area contributed by atoms with Crippen molar-refractivity contribution in [1.29, 1.82) is 0 Å². The van der Waals surface area contributed by atoms with Gasteiger partial charge in [-0.25, -0.2) is 4.98 Å². The maximum Gasteiger partial charge on any atom is 0.257 e. The summed E-state index contributed by atoms with van der Waals surface area (Å²) < 4.78 is 6.85. The highest BCUT2D eigenvalue weighted by atomic mass is 16.5. The predicted octanol–water partition coefficient (Wildman–Crippen LogP) is 0.128. The average molecular weight is 196 g/mol. The van der Waals surface area contributed by atoms with E-state index in [0.717, 1.165) is 25.5 Å². The number of hydrogen-bond acceptors (Lipinski definition) is 4. The second kappa shape index (κ2) is 3.79. The molecule has 0 aromatic carbocycles. The molecule has 0 radical (unpaired) electrons. The Balaban J connectivity index is 2.12. The lowest BCUT2D eigenvalue weighted by Gasteiger charge is -2.10. The minimum Gasteiger partial charge on any atom is -0.493 e.